The number of ether oxygens (including phenoxy) is 3. The maximum absolute atomic E-state index is 12.8. The highest BCUT2D eigenvalue weighted by Gasteiger charge is 2.15. The number of rotatable bonds is 6. The van der Waals surface area contributed by atoms with Gasteiger partial charge in [0.05, 0.1) is 17.6 Å². The zero-order chi connectivity index (χ0) is 21.0. The molecule has 0 aliphatic carbocycles. The fraction of sp³-hybridized carbons (Fsp3) is 0.227. The minimum Gasteiger partial charge on any atom is -0.462 e. The summed E-state index contributed by atoms with van der Waals surface area (Å²) in [6.45, 7) is 5.16. The van der Waals surface area contributed by atoms with Crippen molar-refractivity contribution in [2.24, 2.45) is 0 Å². The van der Waals surface area contributed by atoms with Crippen LogP contribution in [-0.4, -0.2) is 18.5 Å². The molecule has 3 rings (SSSR count). The minimum absolute atomic E-state index is 0.0408. The van der Waals surface area contributed by atoms with Crippen LogP contribution in [-0.2, 0) is 9.53 Å². The van der Waals surface area contributed by atoms with E-state index in [0.717, 1.165) is 6.42 Å². The largest absolute Gasteiger partial charge is 0.462 e. The van der Waals surface area contributed by atoms with Crippen LogP contribution in [0.5, 0.6) is 17.2 Å². The standard InChI is InChI=1S/C22H20O7/c1-4-11-26-22(25)15-5-7-16(8-6-15)29-21-13(2)27-19-12-17(28-14(3)23)9-10-18(19)20(21)24/h5-10,12H,4,11H2,1-3H3. The summed E-state index contributed by atoms with van der Waals surface area (Å²) in [5.74, 6) is 0.0943. The predicted octanol–water partition coefficient (Wildman–Crippen LogP) is 4.39. The number of carbonyl (C=O) groups excluding carboxylic acids is 2. The molecule has 0 N–H and O–H groups in total. The Morgan fingerprint density at radius 3 is 2.38 bits per heavy atom. The second-order valence-electron chi connectivity index (χ2n) is 6.33. The number of hydrogen-bond acceptors (Lipinski definition) is 7. The van der Waals surface area contributed by atoms with Crippen molar-refractivity contribution in [2.75, 3.05) is 6.61 Å². The molecule has 0 spiro atoms. The van der Waals surface area contributed by atoms with E-state index in [1.807, 2.05) is 6.92 Å². The van der Waals surface area contributed by atoms with Crippen LogP contribution in [0.2, 0.25) is 0 Å². The van der Waals surface area contributed by atoms with Crippen molar-refractivity contribution in [1.82, 2.24) is 0 Å². The van der Waals surface area contributed by atoms with Crippen molar-refractivity contribution < 1.29 is 28.2 Å². The molecule has 7 nitrogen and oxygen atoms in total. The molecule has 0 unspecified atom stereocenters. The van der Waals surface area contributed by atoms with Gasteiger partial charge in [0, 0.05) is 13.0 Å². The quantitative estimate of drug-likeness (QED) is 0.451. The lowest BCUT2D eigenvalue weighted by molar-refractivity contribution is -0.131. The monoisotopic (exact) mass is 396 g/mol. The summed E-state index contributed by atoms with van der Waals surface area (Å²) in [7, 11) is 0. The zero-order valence-electron chi connectivity index (χ0n) is 16.3. The van der Waals surface area contributed by atoms with Gasteiger partial charge in [0.25, 0.3) is 0 Å². The average Bonchev–Trinajstić information content (AvgIpc) is 2.69. The number of aryl methyl sites for hydroxylation is 1. The van der Waals surface area contributed by atoms with Crippen LogP contribution in [0.4, 0.5) is 0 Å². The average molecular weight is 396 g/mol. The van der Waals surface area contributed by atoms with Crippen molar-refractivity contribution in [1.29, 1.82) is 0 Å². The third-order valence-electron chi connectivity index (χ3n) is 4.00. The van der Waals surface area contributed by atoms with Crippen LogP contribution in [0.15, 0.2) is 51.7 Å². The summed E-state index contributed by atoms with van der Waals surface area (Å²) in [6.07, 6.45) is 0.742. The van der Waals surface area contributed by atoms with E-state index in [4.69, 9.17) is 18.6 Å². The number of fused-ring (bicyclic) bond motifs is 1. The molecular weight excluding hydrogens is 376 g/mol. The van der Waals surface area contributed by atoms with Gasteiger partial charge in [0.1, 0.15) is 22.8 Å². The van der Waals surface area contributed by atoms with Crippen LogP contribution < -0.4 is 14.9 Å². The summed E-state index contributed by atoms with van der Waals surface area (Å²) < 4.78 is 21.5. The highest BCUT2D eigenvalue weighted by molar-refractivity contribution is 5.89. The molecule has 1 heterocycles. The van der Waals surface area contributed by atoms with Gasteiger partial charge >= 0.3 is 11.9 Å². The number of benzene rings is 2. The topological polar surface area (TPSA) is 92.0 Å². The van der Waals surface area contributed by atoms with Crippen LogP contribution in [0.3, 0.4) is 0 Å². The summed E-state index contributed by atoms with van der Waals surface area (Å²) >= 11 is 0. The van der Waals surface area contributed by atoms with E-state index >= 15 is 0 Å². The maximum Gasteiger partial charge on any atom is 0.338 e. The second kappa shape index (κ2) is 8.60. The second-order valence-corrected chi connectivity index (χ2v) is 6.33. The Morgan fingerprint density at radius 1 is 1.03 bits per heavy atom. The maximum atomic E-state index is 12.8. The van der Waals surface area contributed by atoms with Crippen molar-refractivity contribution in [2.45, 2.75) is 27.2 Å². The molecule has 0 aliphatic heterocycles. The van der Waals surface area contributed by atoms with E-state index in [2.05, 4.69) is 0 Å². The number of esters is 2. The first-order valence-corrected chi connectivity index (χ1v) is 9.10. The smallest absolute Gasteiger partial charge is 0.338 e. The van der Waals surface area contributed by atoms with Gasteiger partial charge in [-0.3, -0.25) is 9.59 Å². The molecule has 0 fully saturated rings. The molecular formula is C22H20O7. The van der Waals surface area contributed by atoms with Crippen LogP contribution >= 0.6 is 0 Å². The Labute approximate surface area is 166 Å². The van der Waals surface area contributed by atoms with Gasteiger partial charge in [-0.15, -0.1) is 0 Å². The van der Waals surface area contributed by atoms with E-state index in [9.17, 15) is 14.4 Å². The van der Waals surface area contributed by atoms with Crippen molar-refractivity contribution >= 4 is 22.9 Å². The van der Waals surface area contributed by atoms with Crippen LogP contribution in [0.25, 0.3) is 11.0 Å². The molecule has 29 heavy (non-hydrogen) atoms. The van der Waals surface area contributed by atoms with Gasteiger partial charge < -0.3 is 18.6 Å². The first-order valence-electron chi connectivity index (χ1n) is 9.10. The molecule has 3 aromatic rings. The summed E-state index contributed by atoms with van der Waals surface area (Å²) in [5, 5.41) is 0.293. The normalized spacial score (nSPS) is 10.6. The Hall–Kier alpha value is -3.61. The highest BCUT2D eigenvalue weighted by Crippen LogP contribution is 2.27. The molecule has 2 aromatic carbocycles. The lowest BCUT2D eigenvalue weighted by atomic mass is 10.2. The molecule has 0 atom stereocenters. The Balaban J connectivity index is 1.87. The summed E-state index contributed by atoms with van der Waals surface area (Å²) in [4.78, 5) is 35.8. The fourth-order valence-corrected chi connectivity index (χ4v) is 2.67. The molecule has 1 aromatic heterocycles. The molecule has 0 radical (unpaired) electrons. The van der Waals surface area contributed by atoms with Crippen molar-refractivity contribution in [3.8, 4) is 17.2 Å². The zero-order valence-corrected chi connectivity index (χ0v) is 16.3. The first kappa shape index (κ1) is 20.1. The molecule has 0 saturated carbocycles. The van der Waals surface area contributed by atoms with Crippen molar-refractivity contribution in [3.63, 3.8) is 0 Å². The number of hydrogen-bond donors (Lipinski definition) is 0. The summed E-state index contributed by atoms with van der Waals surface area (Å²) in [6, 6.07) is 10.8. The third kappa shape index (κ3) is 4.63. The van der Waals surface area contributed by atoms with E-state index in [-0.39, 0.29) is 28.3 Å². The van der Waals surface area contributed by atoms with Crippen LogP contribution in [0, 0.1) is 6.92 Å². The third-order valence-corrected chi connectivity index (χ3v) is 4.00. The van der Waals surface area contributed by atoms with E-state index < -0.39 is 11.9 Å². The van der Waals surface area contributed by atoms with Gasteiger partial charge in [-0.25, -0.2) is 4.79 Å². The van der Waals surface area contributed by atoms with E-state index in [1.54, 1.807) is 31.2 Å². The number of carbonyl (C=O) groups is 2. The van der Waals surface area contributed by atoms with Gasteiger partial charge in [-0.05, 0) is 49.7 Å². The van der Waals surface area contributed by atoms with Gasteiger partial charge in [-0.1, -0.05) is 6.92 Å². The van der Waals surface area contributed by atoms with Gasteiger partial charge in [0.2, 0.25) is 11.2 Å². The minimum atomic E-state index is -0.467. The SMILES string of the molecule is CCCOC(=O)c1ccc(Oc2c(C)oc3cc(OC(C)=O)ccc3c2=O)cc1. The Kier molecular flexibility index (Phi) is 5.97. The van der Waals surface area contributed by atoms with E-state index in [0.29, 0.717) is 23.3 Å². The summed E-state index contributed by atoms with van der Waals surface area (Å²) in [5.41, 5.74) is 0.322. The molecule has 0 aliphatic rings. The van der Waals surface area contributed by atoms with E-state index in [1.165, 1.54) is 25.1 Å². The van der Waals surface area contributed by atoms with Gasteiger partial charge in [0.15, 0.2) is 0 Å². The highest BCUT2D eigenvalue weighted by atomic mass is 16.5. The van der Waals surface area contributed by atoms with Crippen molar-refractivity contribution in [3.05, 3.63) is 64.0 Å². The molecule has 7 heteroatoms. The lowest BCUT2D eigenvalue weighted by Crippen LogP contribution is -2.08. The Bertz CT molecular complexity index is 1110. The molecule has 0 saturated heterocycles. The molecule has 150 valence electrons. The molecule has 0 bridgehead atoms. The predicted molar refractivity (Wildman–Crippen MR) is 106 cm³/mol. The van der Waals surface area contributed by atoms with Gasteiger partial charge in [-0.2, -0.15) is 0 Å². The first-order chi connectivity index (χ1) is 13.9. The fourth-order valence-electron chi connectivity index (χ4n) is 2.67. The van der Waals surface area contributed by atoms with Crippen LogP contribution in [0.1, 0.15) is 36.4 Å². The molecule has 0 amide bonds. The lowest BCUT2D eigenvalue weighted by Gasteiger charge is -2.10. The Morgan fingerprint density at radius 2 is 1.72 bits per heavy atom.